The molecular weight excluding hydrogens is 298 g/mol. The SMILES string of the molecule is COCCCN(C)c1ccc(/C(N)=N/O)c(Br)c1. The number of anilines is 1. The third-order valence-electron chi connectivity index (χ3n) is 2.62. The van der Waals surface area contributed by atoms with Crippen LogP contribution in [0.4, 0.5) is 5.69 Å². The van der Waals surface area contributed by atoms with Gasteiger partial charge in [0.1, 0.15) is 0 Å². The minimum Gasteiger partial charge on any atom is -0.409 e. The van der Waals surface area contributed by atoms with Crippen LogP contribution < -0.4 is 10.6 Å². The summed E-state index contributed by atoms with van der Waals surface area (Å²) >= 11 is 3.42. The minimum absolute atomic E-state index is 0.0930. The van der Waals surface area contributed by atoms with Gasteiger partial charge in [-0.05, 0) is 40.5 Å². The van der Waals surface area contributed by atoms with Crippen molar-refractivity contribution in [2.45, 2.75) is 6.42 Å². The van der Waals surface area contributed by atoms with Gasteiger partial charge in [-0.1, -0.05) is 5.16 Å². The lowest BCUT2D eigenvalue weighted by Gasteiger charge is -2.20. The normalized spacial score (nSPS) is 11.6. The quantitative estimate of drug-likeness (QED) is 0.277. The molecule has 0 saturated heterocycles. The number of hydrogen-bond donors (Lipinski definition) is 2. The second-order valence-electron chi connectivity index (χ2n) is 3.92. The summed E-state index contributed by atoms with van der Waals surface area (Å²) in [6.07, 6.45) is 0.965. The minimum atomic E-state index is 0.0930. The van der Waals surface area contributed by atoms with Gasteiger partial charge in [0.2, 0.25) is 0 Å². The Labute approximate surface area is 115 Å². The Morgan fingerprint density at radius 1 is 1.56 bits per heavy atom. The summed E-state index contributed by atoms with van der Waals surface area (Å²) in [7, 11) is 3.71. The molecule has 1 aromatic carbocycles. The van der Waals surface area contributed by atoms with Crippen LogP contribution in [0.1, 0.15) is 12.0 Å². The van der Waals surface area contributed by atoms with Crippen LogP contribution in [0, 0.1) is 0 Å². The van der Waals surface area contributed by atoms with Gasteiger partial charge >= 0.3 is 0 Å². The van der Waals surface area contributed by atoms with E-state index in [2.05, 4.69) is 26.0 Å². The predicted molar refractivity (Wildman–Crippen MR) is 76.4 cm³/mol. The van der Waals surface area contributed by atoms with Crippen molar-refractivity contribution in [3.63, 3.8) is 0 Å². The molecule has 0 fully saturated rings. The van der Waals surface area contributed by atoms with Gasteiger partial charge in [-0.25, -0.2) is 0 Å². The Morgan fingerprint density at radius 3 is 2.83 bits per heavy atom. The van der Waals surface area contributed by atoms with E-state index >= 15 is 0 Å². The summed E-state index contributed by atoms with van der Waals surface area (Å²) < 4.78 is 5.82. The van der Waals surface area contributed by atoms with Gasteiger partial charge in [-0.3, -0.25) is 0 Å². The number of nitrogens with zero attached hydrogens (tertiary/aromatic N) is 2. The smallest absolute Gasteiger partial charge is 0.171 e. The van der Waals surface area contributed by atoms with E-state index < -0.39 is 0 Å². The van der Waals surface area contributed by atoms with Gasteiger partial charge in [0.15, 0.2) is 5.84 Å². The van der Waals surface area contributed by atoms with Crippen molar-refractivity contribution in [1.82, 2.24) is 0 Å². The molecule has 0 aliphatic carbocycles. The molecule has 0 aliphatic heterocycles. The van der Waals surface area contributed by atoms with Crippen molar-refractivity contribution in [1.29, 1.82) is 0 Å². The Balaban J connectivity index is 2.77. The molecule has 1 aromatic rings. The van der Waals surface area contributed by atoms with Crippen molar-refractivity contribution >= 4 is 27.5 Å². The van der Waals surface area contributed by atoms with Crippen LogP contribution in [0.3, 0.4) is 0 Å². The van der Waals surface area contributed by atoms with Crippen molar-refractivity contribution < 1.29 is 9.94 Å². The fourth-order valence-electron chi connectivity index (χ4n) is 1.58. The summed E-state index contributed by atoms with van der Waals surface area (Å²) in [5.74, 6) is 0.0930. The fraction of sp³-hybridized carbons (Fsp3) is 0.417. The topological polar surface area (TPSA) is 71.1 Å². The molecule has 0 amide bonds. The van der Waals surface area contributed by atoms with E-state index in [1.54, 1.807) is 7.11 Å². The highest BCUT2D eigenvalue weighted by Crippen LogP contribution is 2.23. The molecule has 0 spiro atoms. The van der Waals surface area contributed by atoms with Crippen LogP contribution in [0.5, 0.6) is 0 Å². The second kappa shape index (κ2) is 7.23. The van der Waals surface area contributed by atoms with Gasteiger partial charge in [-0.2, -0.15) is 0 Å². The third kappa shape index (κ3) is 3.89. The molecule has 5 nitrogen and oxygen atoms in total. The maximum atomic E-state index is 8.65. The van der Waals surface area contributed by atoms with E-state index in [1.807, 2.05) is 25.2 Å². The van der Waals surface area contributed by atoms with Crippen LogP contribution in [0.25, 0.3) is 0 Å². The fourth-order valence-corrected chi connectivity index (χ4v) is 2.15. The number of halogens is 1. The molecule has 0 bridgehead atoms. The monoisotopic (exact) mass is 315 g/mol. The molecule has 0 unspecified atom stereocenters. The first kappa shape index (κ1) is 14.8. The van der Waals surface area contributed by atoms with Gasteiger partial charge in [0.05, 0.1) is 0 Å². The first-order chi connectivity index (χ1) is 8.60. The first-order valence-corrected chi connectivity index (χ1v) is 6.37. The van der Waals surface area contributed by atoms with Crippen LogP contribution in [0.2, 0.25) is 0 Å². The standard InChI is InChI=1S/C12H18BrN3O2/c1-16(6-3-7-18-2)9-4-5-10(11(13)8-9)12(14)15-17/h4-5,8,17H,3,6-7H2,1-2H3,(H2,14,15). The molecule has 0 saturated carbocycles. The molecule has 18 heavy (non-hydrogen) atoms. The molecule has 0 radical (unpaired) electrons. The molecule has 6 heteroatoms. The van der Waals surface area contributed by atoms with E-state index in [4.69, 9.17) is 15.7 Å². The lowest BCUT2D eigenvalue weighted by Crippen LogP contribution is -2.20. The Kier molecular flexibility index (Phi) is 5.94. The van der Waals surface area contributed by atoms with Crippen molar-refractivity contribution in [2.75, 3.05) is 32.2 Å². The second-order valence-corrected chi connectivity index (χ2v) is 4.77. The molecule has 0 heterocycles. The number of benzene rings is 1. The Morgan fingerprint density at radius 2 is 2.28 bits per heavy atom. The third-order valence-corrected chi connectivity index (χ3v) is 3.28. The van der Waals surface area contributed by atoms with Gasteiger partial charge in [0, 0.05) is 43.0 Å². The van der Waals surface area contributed by atoms with Gasteiger partial charge < -0.3 is 20.6 Å². The van der Waals surface area contributed by atoms with Crippen LogP contribution >= 0.6 is 15.9 Å². The Hall–Kier alpha value is -1.27. The van der Waals surface area contributed by atoms with E-state index in [-0.39, 0.29) is 5.84 Å². The highest BCUT2D eigenvalue weighted by Gasteiger charge is 2.08. The number of rotatable bonds is 6. The average Bonchev–Trinajstić information content (AvgIpc) is 2.38. The number of amidine groups is 1. The molecule has 1 rings (SSSR count). The summed E-state index contributed by atoms with van der Waals surface area (Å²) in [6.45, 7) is 1.65. The van der Waals surface area contributed by atoms with E-state index in [9.17, 15) is 0 Å². The lowest BCUT2D eigenvalue weighted by atomic mass is 10.2. The lowest BCUT2D eigenvalue weighted by molar-refractivity contribution is 0.196. The van der Waals surface area contributed by atoms with Crippen molar-refractivity contribution in [2.24, 2.45) is 10.9 Å². The van der Waals surface area contributed by atoms with Crippen LogP contribution in [0.15, 0.2) is 27.8 Å². The molecule has 100 valence electrons. The van der Waals surface area contributed by atoms with E-state index in [0.29, 0.717) is 5.56 Å². The highest BCUT2D eigenvalue weighted by molar-refractivity contribution is 9.10. The van der Waals surface area contributed by atoms with Crippen LogP contribution in [-0.2, 0) is 4.74 Å². The summed E-state index contributed by atoms with van der Waals surface area (Å²) in [6, 6.07) is 5.70. The summed E-state index contributed by atoms with van der Waals surface area (Å²) in [5.41, 5.74) is 7.29. The number of nitrogens with two attached hydrogens (primary N) is 1. The predicted octanol–water partition coefficient (Wildman–Crippen LogP) is 2.02. The van der Waals surface area contributed by atoms with E-state index in [0.717, 1.165) is 29.7 Å². The van der Waals surface area contributed by atoms with Crippen molar-refractivity contribution in [3.05, 3.63) is 28.2 Å². The zero-order valence-corrected chi connectivity index (χ0v) is 12.1. The zero-order valence-electron chi connectivity index (χ0n) is 10.6. The largest absolute Gasteiger partial charge is 0.409 e. The number of ether oxygens (including phenoxy) is 1. The molecular formula is C12H18BrN3O2. The number of oxime groups is 1. The maximum absolute atomic E-state index is 8.65. The van der Waals surface area contributed by atoms with Crippen LogP contribution in [-0.4, -0.2) is 38.4 Å². The molecule has 3 N–H and O–H groups in total. The van der Waals surface area contributed by atoms with Crippen molar-refractivity contribution in [3.8, 4) is 0 Å². The molecule has 0 aromatic heterocycles. The highest BCUT2D eigenvalue weighted by atomic mass is 79.9. The maximum Gasteiger partial charge on any atom is 0.171 e. The first-order valence-electron chi connectivity index (χ1n) is 5.57. The number of methoxy groups -OCH3 is 1. The molecule has 0 aliphatic rings. The zero-order chi connectivity index (χ0) is 13.5. The Bertz CT molecular complexity index is 424. The summed E-state index contributed by atoms with van der Waals surface area (Å²) in [5, 5.41) is 11.6. The van der Waals surface area contributed by atoms with E-state index in [1.165, 1.54) is 0 Å². The summed E-state index contributed by atoms with van der Waals surface area (Å²) in [4.78, 5) is 2.12. The number of hydrogen-bond acceptors (Lipinski definition) is 4. The van der Waals surface area contributed by atoms with Gasteiger partial charge in [-0.15, -0.1) is 0 Å². The average molecular weight is 316 g/mol. The molecule has 0 atom stereocenters. The van der Waals surface area contributed by atoms with Gasteiger partial charge in [0.25, 0.3) is 0 Å².